The highest BCUT2D eigenvalue weighted by Crippen LogP contribution is 2.25. The molecule has 0 spiro atoms. The van der Waals surface area contributed by atoms with E-state index in [-0.39, 0.29) is 6.61 Å². The first-order valence-corrected chi connectivity index (χ1v) is 6.92. The van der Waals surface area contributed by atoms with Gasteiger partial charge in [0.15, 0.2) is 0 Å². The molecule has 1 rings (SSSR count). The van der Waals surface area contributed by atoms with Crippen molar-refractivity contribution in [3.63, 3.8) is 0 Å². The minimum absolute atomic E-state index is 0.0472. The average molecular weight is 260 g/mol. The molecular formula is C11H16O5S. The van der Waals surface area contributed by atoms with Crippen LogP contribution in [-0.4, -0.2) is 28.4 Å². The first-order valence-electron chi connectivity index (χ1n) is 5.10. The van der Waals surface area contributed by atoms with Gasteiger partial charge in [-0.05, 0) is 19.1 Å². The molecule has 0 saturated carbocycles. The van der Waals surface area contributed by atoms with Crippen LogP contribution in [0.4, 0.5) is 0 Å². The van der Waals surface area contributed by atoms with Gasteiger partial charge >= 0.3 is 0 Å². The first kappa shape index (κ1) is 13.8. The van der Waals surface area contributed by atoms with Crippen LogP contribution in [0.15, 0.2) is 18.2 Å². The Morgan fingerprint density at radius 3 is 2.53 bits per heavy atom. The Labute approximate surface area is 101 Å². The molecule has 0 aliphatic heterocycles. The predicted octanol–water partition coefficient (Wildman–Crippen LogP) is 1.57. The molecule has 0 amide bonds. The van der Waals surface area contributed by atoms with Gasteiger partial charge in [0.25, 0.3) is 10.1 Å². The lowest BCUT2D eigenvalue weighted by Gasteiger charge is -2.10. The second-order valence-corrected chi connectivity index (χ2v) is 5.02. The lowest BCUT2D eigenvalue weighted by molar-refractivity contribution is 0.300. The van der Waals surface area contributed by atoms with Crippen LogP contribution in [0.25, 0.3) is 0 Å². The van der Waals surface area contributed by atoms with E-state index in [1.54, 1.807) is 18.2 Å². The van der Waals surface area contributed by atoms with Crippen LogP contribution in [0, 0.1) is 0 Å². The average Bonchev–Trinajstić information content (AvgIpc) is 2.26. The topological polar surface area (TPSA) is 61.8 Å². The summed E-state index contributed by atoms with van der Waals surface area (Å²) in [5.41, 5.74) is 0.654. The van der Waals surface area contributed by atoms with Crippen LogP contribution in [0.3, 0.4) is 0 Å². The Kier molecular flexibility index (Phi) is 4.77. The third-order valence-corrected chi connectivity index (χ3v) is 2.54. The van der Waals surface area contributed by atoms with Crippen LogP contribution in [0.5, 0.6) is 11.5 Å². The van der Waals surface area contributed by atoms with E-state index in [9.17, 15) is 8.42 Å². The molecule has 0 atom stereocenters. The Morgan fingerprint density at radius 2 is 2.00 bits per heavy atom. The van der Waals surface area contributed by atoms with Crippen LogP contribution in [0.2, 0.25) is 0 Å². The summed E-state index contributed by atoms with van der Waals surface area (Å²) in [5.74, 6) is 1.21. The molecule has 0 radical (unpaired) electrons. The van der Waals surface area contributed by atoms with E-state index in [2.05, 4.69) is 0 Å². The zero-order valence-corrected chi connectivity index (χ0v) is 10.9. The minimum atomic E-state index is -3.45. The van der Waals surface area contributed by atoms with Crippen LogP contribution < -0.4 is 9.47 Å². The zero-order valence-electron chi connectivity index (χ0n) is 10.1. The van der Waals surface area contributed by atoms with Crippen molar-refractivity contribution >= 4 is 10.1 Å². The third kappa shape index (κ3) is 4.62. The molecule has 0 N–H and O–H groups in total. The van der Waals surface area contributed by atoms with E-state index in [0.717, 1.165) is 6.26 Å². The fourth-order valence-corrected chi connectivity index (χ4v) is 1.61. The van der Waals surface area contributed by atoms with E-state index in [4.69, 9.17) is 13.7 Å². The van der Waals surface area contributed by atoms with Crippen molar-refractivity contribution in [1.29, 1.82) is 0 Å². The molecule has 96 valence electrons. The molecule has 0 bridgehead atoms. The highest BCUT2D eigenvalue weighted by atomic mass is 32.2. The quantitative estimate of drug-likeness (QED) is 0.726. The summed E-state index contributed by atoms with van der Waals surface area (Å²) in [7, 11) is -1.95. The standard InChI is InChI=1S/C11H16O5S/c1-4-15-10-6-5-9(11(7-10)14-2)8-16-17(3,12)13/h5-7H,4,8H2,1-3H3. The molecule has 5 nitrogen and oxygen atoms in total. The van der Waals surface area contributed by atoms with Crippen LogP contribution >= 0.6 is 0 Å². The number of rotatable bonds is 6. The molecule has 0 heterocycles. The number of hydrogen-bond acceptors (Lipinski definition) is 5. The Hall–Kier alpha value is -1.27. The van der Waals surface area contributed by atoms with Gasteiger partial charge in [0.1, 0.15) is 11.5 Å². The van der Waals surface area contributed by atoms with Crippen LogP contribution in [0.1, 0.15) is 12.5 Å². The second kappa shape index (κ2) is 5.88. The summed E-state index contributed by atoms with van der Waals surface area (Å²) in [6.07, 6.45) is 1.01. The second-order valence-electron chi connectivity index (χ2n) is 3.37. The predicted molar refractivity (Wildman–Crippen MR) is 63.8 cm³/mol. The highest BCUT2D eigenvalue weighted by Gasteiger charge is 2.08. The molecular weight excluding hydrogens is 244 g/mol. The number of benzene rings is 1. The molecule has 1 aromatic rings. The van der Waals surface area contributed by atoms with E-state index in [0.29, 0.717) is 23.7 Å². The van der Waals surface area contributed by atoms with E-state index < -0.39 is 10.1 Å². The smallest absolute Gasteiger partial charge is 0.264 e. The summed E-state index contributed by atoms with van der Waals surface area (Å²) in [6, 6.07) is 5.16. The fraction of sp³-hybridized carbons (Fsp3) is 0.455. The molecule has 1 aromatic carbocycles. The maximum Gasteiger partial charge on any atom is 0.264 e. The van der Waals surface area contributed by atoms with Gasteiger partial charge < -0.3 is 9.47 Å². The number of hydrogen-bond donors (Lipinski definition) is 0. The van der Waals surface area contributed by atoms with Gasteiger partial charge in [-0.15, -0.1) is 0 Å². The molecule has 17 heavy (non-hydrogen) atoms. The third-order valence-electron chi connectivity index (χ3n) is 2.00. The van der Waals surface area contributed by atoms with Crippen molar-refractivity contribution in [2.75, 3.05) is 20.0 Å². The molecule has 0 fully saturated rings. The van der Waals surface area contributed by atoms with Crippen molar-refractivity contribution in [2.24, 2.45) is 0 Å². The summed E-state index contributed by atoms with van der Waals surface area (Å²) < 4.78 is 36.9. The monoisotopic (exact) mass is 260 g/mol. The highest BCUT2D eigenvalue weighted by molar-refractivity contribution is 7.85. The van der Waals surface area contributed by atoms with E-state index >= 15 is 0 Å². The van der Waals surface area contributed by atoms with Crippen molar-refractivity contribution in [1.82, 2.24) is 0 Å². The molecule has 0 aliphatic carbocycles. The van der Waals surface area contributed by atoms with Gasteiger partial charge in [-0.3, -0.25) is 4.18 Å². The minimum Gasteiger partial charge on any atom is -0.496 e. The summed E-state index contributed by atoms with van der Waals surface area (Å²) >= 11 is 0. The van der Waals surface area contributed by atoms with Gasteiger partial charge in [0.2, 0.25) is 0 Å². The van der Waals surface area contributed by atoms with Gasteiger partial charge in [0, 0.05) is 11.6 Å². The summed E-state index contributed by atoms with van der Waals surface area (Å²) in [4.78, 5) is 0. The van der Waals surface area contributed by atoms with Crippen molar-refractivity contribution in [3.8, 4) is 11.5 Å². The molecule has 0 unspecified atom stereocenters. The molecule has 0 aromatic heterocycles. The lowest BCUT2D eigenvalue weighted by Crippen LogP contribution is -2.04. The lowest BCUT2D eigenvalue weighted by atomic mass is 10.2. The molecule has 0 aliphatic rings. The number of ether oxygens (including phenoxy) is 2. The van der Waals surface area contributed by atoms with Crippen molar-refractivity contribution in [3.05, 3.63) is 23.8 Å². The SMILES string of the molecule is CCOc1ccc(COS(C)(=O)=O)c(OC)c1. The van der Waals surface area contributed by atoms with E-state index in [1.807, 2.05) is 6.92 Å². The molecule has 6 heteroatoms. The first-order chi connectivity index (χ1) is 7.96. The Balaban J connectivity index is 2.85. The zero-order chi connectivity index (χ0) is 12.9. The normalized spacial score (nSPS) is 11.2. The summed E-state index contributed by atoms with van der Waals surface area (Å²) in [6.45, 7) is 2.39. The van der Waals surface area contributed by atoms with Gasteiger partial charge in [0.05, 0.1) is 26.6 Å². The maximum atomic E-state index is 10.9. The Morgan fingerprint density at radius 1 is 1.29 bits per heavy atom. The Bertz CT molecular complexity index is 467. The van der Waals surface area contributed by atoms with Crippen LogP contribution in [-0.2, 0) is 20.9 Å². The van der Waals surface area contributed by atoms with Gasteiger partial charge in [-0.1, -0.05) is 0 Å². The van der Waals surface area contributed by atoms with Crippen molar-refractivity contribution < 1.29 is 22.1 Å². The van der Waals surface area contributed by atoms with Gasteiger partial charge in [-0.2, -0.15) is 8.42 Å². The van der Waals surface area contributed by atoms with Crippen molar-refractivity contribution in [2.45, 2.75) is 13.5 Å². The van der Waals surface area contributed by atoms with Gasteiger partial charge in [-0.25, -0.2) is 0 Å². The fourth-order valence-electron chi connectivity index (χ4n) is 1.27. The van der Waals surface area contributed by atoms with E-state index in [1.165, 1.54) is 7.11 Å². The number of methoxy groups -OCH3 is 1. The molecule has 0 saturated heterocycles. The largest absolute Gasteiger partial charge is 0.496 e. The summed E-state index contributed by atoms with van der Waals surface area (Å²) in [5, 5.41) is 0. The maximum absolute atomic E-state index is 10.9.